The van der Waals surface area contributed by atoms with Crippen molar-refractivity contribution in [1.29, 1.82) is 0 Å². The van der Waals surface area contributed by atoms with E-state index in [4.69, 9.17) is 33.7 Å². The molecule has 1 aliphatic rings. The quantitative estimate of drug-likeness (QED) is 0.666. The highest BCUT2D eigenvalue weighted by atomic mass is 35.5. The largest absolute Gasteiger partial charge is 0.467 e. The Morgan fingerprint density at radius 3 is 2.59 bits per heavy atom. The van der Waals surface area contributed by atoms with Gasteiger partial charge in [0.1, 0.15) is 6.04 Å². The predicted octanol–water partition coefficient (Wildman–Crippen LogP) is 4.33. The number of amides is 1. The second-order valence-corrected chi connectivity index (χ2v) is 7.39. The summed E-state index contributed by atoms with van der Waals surface area (Å²) in [6, 6.07) is 9.59. The van der Waals surface area contributed by atoms with Crippen molar-refractivity contribution >= 4 is 58.9 Å². The molecule has 0 saturated carbocycles. The average Bonchev–Trinajstić information content (AvgIpc) is 2.66. The first-order chi connectivity index (χ1) is 13.4. The minimum absolute atomic E-state index is 0. The summed E-state index contributed by atoms with van der Waals surface area (Å²) in [5.74, 6) is -0.615. The fourth-order valence-electron chi connectivity index (χ4n) is 3.64. The van der Waals surface area contributed by atoms with Gasteiger partial charge in [-0.3, -0.25) is 4.79 Å². The molecule has 156 valence electrons. The molecule has 29 heavy (non-hydrogen) atoms. The van der Waals surface area contributed by atoms with Gasteiger partial charge in [0.25, 0.3) is 0 Å². The van der Waals surface area contributed by atoms with E-state index in [1.54, 1.807) is 17.0 Å². The van der Waals surface area contributed by atoms with Gasteiger partial charge in [0.15, 0.2) is 0 Å². The summed E-state index contributed by atoms with van der Waals surface area (Å²) < 4.78 is 4.91. The lowest BCUT2D eigenvalue weighted by atomic mass is 9.90. The van der Waals surface area contributed by atoms with Crippen LogP contribution in [0.15, 0.2) is 36.4 Å². The Kier molecular flexibility index (Phi) is 7.77. The Labute approximate surface area is 185 Å². The fraction of sp³-hybridized carbons (Fsp3) is 0.300. The molecule has 2 aromatic rings. The molecule has 0 fully saturated rings. The second-order valence-electron chi connectivity index (χ2n) is 6.54. The smallest absolute Gasteiger partial charge is 0.328 e. The van der Waals surface area contributed by atoms with E-state index in [9.17, 15) is 9.59 Å². The first kappa shape index (κ1) is 23.3. The van der Waals surface area contributed by atoms with Crippen LogP contribution in [0.3, 0.4) is 0 Å². The highest BCUT2D eigenvalue weighted by molar-refractivity contribution is 6.35. The molecule has 2 aromatic carbocycles. The van der Waals surface area contributed by atoms with Gasteiger partial charge in [-0.2, -0.15) is 0 Å². The lowest BCUT2D eigenvalue weighted by Crippen LogP contribution is -2.44. The number of methoxy groups -OCH3 is 1. The number of carbonyl (C=O) groups is 2. The first-order valence-corrected chi connectivity index (χ1v) is 9.54. The zero-order valence-corrected chi connectivity index (χ0v) is 18.3. The van der Waals surface area contributed by atoms with Crippen LogP contribution in [0.5, 0.6) is 0 Å². The van der Waals surface area contributed by atoms with E-state index in [0.29, 0.717) is 33.4 Å². The van der Waals surface area contributed by atoms with E-state index < -0.39 is 18.1 Å². The van der Waals surface area contributed by atoms with Crippen molar-refractivity contribution in [2.75, 3.05) is 17.3 Å². The predicted molar refractivity (Wildman–Crippen MR) is 118 cm³/mol. The molecule has 1 heterocycles. The van der Waals surface area contributed by atoms with Crippen molar-refractivity contribution in [3.05, 3.63) is 57.6 Å². The number of anilines is 2. The van der Waals surface area contributed by atoms with Gasteiger partial charge >= 0.3 is 5.97 Å². The monoisotopic (exact) mass is 457 g/mol. The number of esters is 1. The van der Waals surface area contributed by atoms with Crippen molar-refractivity contribution in [3.8, 4) is 0 Å². The van der Waals surface area contributed by atoms with Gasteiger partial charge in [0.05, 0.1) is 13.2 Å². The number of fused-ring (bicyclic) bond motifs is 1. The van der Waals surface area contributed by atoms with Gasteiger partial charge in [-0.05, 0) is 23.8 Å². The summed E-state index contributed by atoms with van der Waals surface area (Å²) in [5, 5.41) is 3.97. The van der Waals surface area contributed by atoms with Crippen molar-refractivity contribution in [2.24, 2.45) is 5.73 Å². The second kappa shape index (κ2) is 9.67. The van der Waals surface area contributed by atoms with Crippen molar-refractivity contribution < 1.29 is 14.3 Å². The van der Waals surface area contributed by atoms with Gasteiger partial charge < -0.3 is 20.7 Å². The molecule has 3 rings (SSSR count). The van der Waals surface area contributed by atoms with Crippen LogP contribution in [0.1, 0.15) is 30.5 Å². The number of hydrogen-bond donors (Lipinski definition) is 2. The highest BCUT2D eigenvalue weighted by Gasteiger charge is 2.38. The zero-order valence-electron chi connectivity index (χ0n) is 15.9. The van der Waals surface area contributed by atoms with Crippen LogP contribution < -0.4 is 16.0 Å². The summed E-state index contributed by atoms with van der Waals surface area (Å²) >= 11 is 12.7. The van der Waals surface area contributed by atoms with Crippen LogP contribution in [0, 0.1) is 0 Å². The molecule has 0 aliphatic carbocycles. The number of hydrogen-bond acceptors (Lipinski definition) is 5. The molecule has 0 saturated heterocycles. The van der Waals surface area contributed by atoms with Crippen LogP contribution in [-0.4, -0.2) is 25.0 Å². The number of ether oxygens (including phenoxy) is 1. The van der Waals surface area contributed by atoms with E-state index in [1.807, 2.05) is 24.3 Å². The SMILES string of the molecule is COC(=O)[C@@H]1C[C@@H](N(C(C)=O)c2ccccc2CN)c2c(Cl)cc(Cl)cc2N1.Cl. The third kappa shape index (κ3) is 4.61. The highest BCUT2D eigenvalue weighted by Crippen LogP contribution is 2.44. The molecule has 0 unspecified atom stereocenters. The molecule has 0 aromatic heterocycles. The minimum Gasteiger partial charge on any atom is -0.467 e. The third-order valence-electron chi connectivity index (χ3n) is 4.82. The van der Waals surface area contributed by atoms with E-state index in [1.165, 1.54) is 14.0 Å². The number of nitrogens with two attached hydrogens (primary N) is 1. The summed E-state index contributed by atoms with van der Waals surface area (Å²) in [5.41, 5.74) is 8.69. The van der Waals surface area contributed by atoms with Crippen LogP contribution >= 0.6 is 35.6 Å². The maximum absolute atomic E-state index is 12.7. The summed E-state index contributed by atoms with van der Waals surface area (Å²) in [4.78, 5) is 26.6. The number of nitrogens with one attached hydrogen (secondary N) is 1. The fourth-order valence-corrected chi connectivity index (χ4v) is 4.26. The Hall–Kier alpha value is -1.99. The van der Waals surface area contributed by atoms with Gasteiger partial charge in [-0.25, -0.2) is 4.79 Å². The van der Waals surface area contributed by atoms with Crippen molar-refractivity contribution in [3.63, 3.8) is 0 Å². The Balaban J connectivity index is 0.00000300. The molecule has 6 nitrogen and oxygen atoms in total. The number of halogens is 3. The molecule has 0 bridgehead atoms. The minimum atomic E-state index is -0.649. The molecule has 1 aliphatic heterocycles. The van der Waals surface area contributed by atoms with Crippen LogP contribution in [0.4, 0.5) is 11.4 Å². The standard InChI is InChI=1S/C20H21Cl2N3O3.ClH/c1-11(26)25(17-6-4-3-5-12(17)10-23)18-9-16(20(27)28-2)24-15-8-13(21)7-14(22)19(15)18;/h3-8,16,18,24H,9-10,23H2,1-2H3;1H/t16-,18+;/m0./s1. The van der Waals surface area contributed by atoms with Crippen LogP contribution in [0.2, 0.25) is 10.0 Å². The molecule has 0 radical (unpaired) electrons. The van der Waals surface area contributed by atoms with Crippen LogP contribution in [-0.2, 0) is 20.9 Å². The molecule has 9 heteroatoms. The van der Waals surface area contributed by atoms with E-state index in [2.05, 4.69) is 5.32 Å². The van der Waals surface area contributed by atoms with Crippen molar-refractivity contribution in [2.45, 2.75) is 32.0 Å². The zero-order chi connectivity index (χ0) is 20.4. The van der Waals surface area contributed by atoms with Crippen LogP contribution in [0.25, 0.3) is 0 Å². The van der Waals surface area contributed by atoms with Gasteiger partial charge in [-0.15, -0.1) is 12.4 Å². The van der Waals surface area contributed by atoms with E-state index in [-0.39, 0.29) is 24.9 Å². The van der Waals surface area contributed by atoms with Crippen molar-refractivity contribution in [1.82, 2.24) is 0 Å². The van der Waals surface area contributed by atoms with Gasteiger partial charge in [-0.1, -0.05) is 41.4 Å². The van der Waals surface area contributed by atoms with E-state index in [0.717, 1.165) is 5.56 Å². The van der Waals surface area contributed by atoms with Gasteiger partial charge in [0.2, 0.25) is 5.91 Å². The number of benzene rings is 2. The number of nitrogens with zero attached hydrogens (tertiary/aromatic N) is 1. The third-order valence-corrected chi connectivity index (χ3v) is 5.35. The maximum Gasteiger partial charge on any atom is 0.328 e. The lowest BCUT2D eigenvalue weighted by molar-refractivity contribution is -0.142. The number of para-hydroxylation sites is 1. The Bertz CT molecular complexity index is 923. The first-order valence-electron chi connectivity index (χ1n) is 8.78. The number of carbonyl (C=O) groups excluding carboxylic acids is 2. The Morgan fingerprint density at radius 1 is 1.28 bits per heavy atom. The molecule has 1 amide bonds. The molecular weight excluding hydrogens is 437 g/mol. The summed E-state index contributed by atoms with van der Waals surface area (Å²) in [7, 11) is 1.33. The normalized spacial score (nSPS) is 17.4. The topological polar surface area (TPSA) is 84.7 Å². The van der Waals surface area contributed by atoms with Gasteiger partial charge in [0, 0.05) is 46.9 Å². The maximum atomic E-state index is 12.7. The summed E-state index contributed by atoms with van der Waals surface area (Å²) in [6.07, 6.45) is 0.291. The Morgan fingerprint density at radius 2 is 1.97 bits per heavy atom. The molecular formula is C20H22Cl3N3O3. The molecule has 2 atom stereocenters. The summed E-state index contributed by atoms with van der Waals surface area (Å²) in [6.45, 7) is 1.75. The molecule has 0 spiro atoms. The number of rotatable bonds is 4. The molecule has 3 N–H and O–H groups in total. The lowest BCUT2D eigenvalue weighted by Gasteiger charge is -2.39. The average molecular weight is 459 g/mol. The van der Waals surface area contributed by atoms with E-state index >= 15 is 0 Å².